The molecule has 1 fully saturated rings. The van der Waals surface area contributed by atoms with Gasteiger partial charge in [-0.05, 0) is 56.8 Å². The minimum absolute atomic E-state index is 0.637. The van der Waals surface area contributed by atoms with Crippen molar-refractivity contribution in [1.29, 1.82) is 0 Å². The van der Waals surface area contributed by atoms with Gasteiger partial charge in [-0.15, -0.1) is 0 Å². The van der Waals surface area contributed by atoms with Crippen LogP contribution in [0.25, 0.3) is 0 Å². The minimum atomic E-state index is 0.637. The van der Waals surface area contributed by atoms with Gasteiger partial charge in [0.25, 0.3) is 0 Å². The first-order valence-electron chi connectivity index (χ1n) is 5.77. The summed E-state index contributed by atoms with van der Waals surface area (Å²) in [6, 6.07) is 5.89. The Labute approximate surface area is 91.1 Å². The van der Waals surface area contributed by atoms with Gasteiger partial charge in [0.05, 0.1) is 0 Å². The monoisotopic (exact) mass is 205 g/mol. The average molecular weight is 205 g/mol. The summed E-state index contributed by atoms with van der Waals surface area (Å²) in [7, 11) is 0. The number of rotatable bonds is 3. The lowest BCUT2D eigenvalue weighted by Gasteiger charge is -2.22. The van der Waals surface area contributed by atoms with Gasteiger partial charge < -0.3 is 11.1 Å². The molecule has 3 nitrogen and oxygen atoms in total. The molecular formula is C12H19N3. The van der Waals surface area contributed by atoms with Crippen molar-refractivity contribution >= 4 is 5.82 Å². The maximum Gasteiger partial charge on any atom is 0.123 e. The summed E-state index contributed by atoms with van der Waals surface area (Å²) in [4.78, 5) is 4.32. The van der Waals surface area contributed by atoms with Crippen molar-refractivity contribution in [3.05, 3.63) is 23.9 Å². The molecule has 2 rings (SSSR count). The van der Waals surface area contributed by atoms with E-state index in [0.29, 0.717) is 5.82 Å². The van der Waals surface area contributed by atoms with Crippen LogP contribution in [0.5, 0.6) is 0 Å². The average Bonchev–Trinajstić information content (AvgIpc) is 2.28. The lowest BCUT2D eigenvalue weighted by molar-refractivity contribution is 0.353. The first-order chi connectivity index (χ1) is 7.34. The maximum absolute atomic E-state index is 5.65. The molecule has 1 aliphatic heterocycles. The van der Waals surface area contributed by atoms with Gasteiger partial charge in [0.2, 0.25) is 0 Å². The van der Waals surface area contributed by atoms with Gasteiger partial charge in [0.15, 0.2) is 0 Å². The van der Waals surface area contributed by atoms with Crippen molar-refractivity contribution in [2.75, 3.05) is 18.8 Å². The normalized spacial score (nSPS) is 17.9. The Kier molecular flexibility index (Phi) is 3.56. The maximum atomic E-state index is 5.65. The first kappa shape index (κ1) is 10.4. The van der Waals surface area contributed by atoms with Crippen LogP contribution < -0.4 is 11.1 Å². The Morgan fingerprint density at radius 3 is 2.87 bits per heavy atom. The zero-order valence-electron chi connectivity index (χ0n) is 9.08. The highest BCUT2D eigenvalue weighted by Gasteiger charge is 2.12. The summed E-state index contributed by atoms with van der Waals surface area (Å²) in [6.45, 7) is 2.35. The van der Waals surface area contributed by atoms with Crippen LogP contribution in [0.3, 0.4) is 0 Å². The summed E-state index contributed by atoms with van der Waals surface area (Å²) >= 11 is 0. The van der Waals surface area contributed by atoms with Gasteiger partial charge in [-0.1, -0.05) is 6.07 Å². The number of piperidine rings is 1. The topological polar surface area (TPSA) is 50.9 Å². The van der Waals surface area contributed by atoms with Crippen LogP contribution in [0, 0.1) is 5.92 Å². The number of nitrogen functional groups attached to an aromatic ring is 1. The van der Waals surface area contributed by atoms with Gasteiger partial charge in [0, 0.05) is 5.69 Å². The lowest BCUT2D eigenvalue weighted by atomic mass is 9.92. The molecule has 0 spiro atoms. The molecule has 0 radical (unpaired) electrons. The van der Waals surface area contributed by atoms with Gasteiger partial charge >= 0.3 is 0 Å². The molecule has 0 bridgehead atoms. The molecule has 1 aromatic heterocycles. The van der Waals surface area contributed by atoms with E-state index in [4.69, 9.17) is 5.73 Å². The molecule has 82 valence electrons. The number of nitrogens with zero attached hydrogens (tertiary/aromatic N) is 1. The fourth-order valence-corrected chi connectivity index (χ4v) is 2.16. The van der Waals surface area contributed by atoms with Gasteiger partial charge in [0.1, 0.15) is 5.82 Å². The Morgan fingerprint density at radius 1 is 1.33 bits per heavy atom. The zero-order chi connectivity index (χ0) is 10.5. The molecule has 3 N–H and O–H groups in total. The summed E-state index contributed by atoms with van der Waals surface area (Å²) < 4.78 is 0. The van der Waals surface area contributed by atoms with E-state index in [0.717, 1.165) is 18.0 Å². The van der Waals surface area contributed by atoms with E-state index < -0.39 is 0 Å². The molecule has 0 aliphatic carbocycles. The van der Waals surface area contributed by atoms with E-state index in [1.807, 2.05) is 12.1 Å². The van der Waals surface area contributed by atoms with Crippen molar-refractivity contribution < 1.29 is 0 Å². The highest BCUT2D eigenvalue weighted by atomic mass is 14.9. The van der Waals surface area contributed by atoms with Crippen LogP contribution in [-0.4, -0.2) is 18.1 Å². The number of nitrogens with two attached hydrogens (primary N) is 1. The number of hydrogen-bond donors (Lipinski definition) is 2. The molecule has 0 saturated carbocycles. The van der Waals surface area contributed by atoms with Crippen LogP contribution in [0.1, 0.15) is 25.0 Å². The first-order valence-corrected chi connectivity index (χ1v) is 5.77. The molecule has 0 amide bonds. The Morgan fingerprint density at radius 2 is 2.13 bits per heavy atom. The summed E-state index contributed by atoms with van der Waals surface area (Å²) in [5.41, 5.74) is 6.78. The number of pyridine rings is 1. The van der Waals surface area contributed by atoms with Crippen molar-refractivity contribution in [1.82, 2.24) is 10.3 Å². The third kappa shape index (κ3) is 3.20. The van der Waals surface area contributed by atoms with Crippen LogP contribution >= 0.6 is 0 Å². The fraction of sp³-hybridized carbons (Fsp3) is 0.583. The molecule has 1 aliphatic rings. The highest BCUT2D eigenvalue weighted by Crippen LogP contribution is 2.18. The number of aryl methyl sites for hydroxylation is 1. The van der Waals surface area contributed by atoms with E-state index in [-0.39, 0.29) is 0 Å². The Hall–Kier alpha value is -1.09. The number of aromatic nitrogens is 1. The van der Waals surface area contributed by atoms with Gasteiger partial charge in [-0.2, -0.15) is 0 Å². The molecule has 0 unspecified atom stereocenters. The Balaban J connectivity index is 1.81. The third-order valence-electron chi connectivity index (χ3n) is 3.10. The second-order valence-electron chi connectivity index (χ2n) is 4.29. The molecule has 2 heterocycles. The summed E-state index contributed by atoms with van der Waals surface area (Å²) in [6.07, 6.45) is 4.93. The Bertz CT molecular complexity index is 305. The van der Waals surface area contributed by atoms with Crippen LogP contribution in [0.2, 0.25) is 0 Å². The number of hydrogen-bond acceptors (Lipinski definition) is 3. The van der Waals surface area contributed by atoms with E-state index in [9.17, 15) is 0 Å². The second-order valence-corrected chi connectivity index (χ2v) is 4.29. The smallest absolute Gasteiger partial charge is 0.123 e. The fourth-order valence-electron chi connectivity index (χ4n) is 2.16. The molecule has 1 aromatic rings. The molecule has 15 heavy (non-hydrogen) atoms. The van der Waals surface area contributed by atoms with E-state index in [1.165, 1.54) is 32.4 Å². The number of nitrogens with one attached hydrogen (secondary N) is 1. The molecular weight excluding hydrogens is 186 g/mol. The largest absolute Gasteiger partial charge is 0.384 e. The molecule has 3 heteroatoms. The molecule has 0 atom stereocenters. The molecule has 1 saturated heterocycles. The van der Waals surface area contributed by atoms with E-state index >= 15 is 0 Å². The summed E-state index contributed by atoms with van der Waals surface area (Å²) in [5, 5.41) is 3.39. The van der Waals surface area contributed by atoms with Crippen LogP contribution in [0.15, 0.2) is 18.2 Å². The highest BCUT2D eigenvalue weighted by molar-refractivity contribution is 5.28. The molecule has 0 aromatic carbocycles. The van der Waals surface area contributed by atoms with Crippen molar-refractivity contribution in [3.8, 4) is 0 Å². The SMILES string of the molecule is Nc1cccc(CCC2CCNCC2)n1. The van der Waals surface area contributed by atoms with E-state index in [1.54, 1.807) is 0 Å². The zero-order valence-corrected chi connectivity index (χ0v) is 9.08. The summed E-state index contributed by atoms with van der Waals surface area (Å²) in [5.74, 6) is 1.51. The third-order valence-corrected chi connectivity index (χ3v) is 3.10. The number of anilines is 1. The van der Waals surface area contributed by atoms with Crippen molar-refractivity contribution in [3.63, 3.8) is 0 Å². The van der Waals surface area contributed by atoms with E-state index in [2.05, 4.69) is 16.4 Å². The second kappa shape index (κ2) is 5.12. The predicted octanol–water partition coefficient (Wildman–Crippen LogP) is 1.60. The van der Waals surface area contributed by atoms with Gasteiger partial charge in [-0.25, -0.2) is 4.98 Å². The van der Waals surface area contributed by atoms with Crippen molar-refractivity contribution in [2.45, 2.75) is 25.7 Å². The quantitative estimate of drug-likeness (QED) is 0.788. The standard InChI is InChI=1S/C12H19N3/c13-12-3-1-2-11(15-12)5-4-10-6-8-14-9-7-10/h1-3,10,14H,4-9H2,(H2,13,15). The van der Waals surface area contributed by atoms with Gasteiger partial charge in [-0.3, -0.25) is 0 Å². The van der Waals surface area contributed by atoms with Crippen LogP contribution in [-0.2, 0) is 6.42 Å². The minimum Gasteiger partial charge on any atom is -0.384 e. The predicted molar refractivity (Wildman–Crippen MR) is 62.6 cm³/mol. The van der Waals surface area contributed by atoms with Crippen molar-refractivity contribution in [2.24, 2.45) is 5.92 Å². The van der Waals surface area contributed by atoms with Crippen LogP contribution in [0.4, 0.5) is 5.82 Å². The lowest BCUT2D eigenvalue weighted by Crippen LogP contribution is -2.27.